The third kappa shape index (κ3) is 2.61. The van der Waals surface area contributed by atoms with E-state index in [-0.39, 0.29) is 29.4 Å². The van der Waals surface area contributed by atoms with E-state index in [2.05, 4.69) is 20.7 Å². The van der Waals surface area contributed by atoms with Gasteiger partial charge in [-0.05, 0) is 68.4 Å². The van der Waals surface area contributed by atoms with Crippen LogP contribution in [0.15, 0.2) is 6.33 Å². The molecule has 26 heavy (non-hydrogen) atoms. The molecular formula is C18H26N6O2. The van der Waals surface area contributed by atoms with Gasteiger partial charge in [0, 0.05) is 18.5 Å². The zero-order chi connectivity index (χ0) is 17.8. The lowest BCUT2D eigenvalue weighted by Gasteiger charge is -2.61. The second kappa shape index (κ2) is 5.76. The van der Waals surface area contributed by atoms with Crippen LogP contribution in [0.2, 0.25) is 0 Å². The Labute approximate surface area is 152 Å². The Hall–Kier alpha value is -1.99. The van der Waals surface area contributed by atoms with E-state index >= 15 is 0 Å². The molecule has 0 aromatic carbocycles. The quantitative estimate of drug-likeness (QED) is 0.861. The third-order valence-corrected chi connectivity index (χ3v) is 6.96. The first-order valence-electron chi connectivity index (χ1n) is 9.88. The summed E-state index contributed by atoms with van der Waals surface area (Å²) in [5, 5.41) is 15.8. The molecular weight excluding hydrogens is 332 g/mol. The maximum absolute atomic E-state index is 12.8. The van der Waals surface area contributed by atoms with Crippen LogP contribution >= 0.6 is 0 Å². The minimum absolute atomic E-state index is 0.0103. The van der Waals surface area contributed by atoms with Crippen molar-refractivity contribution >= 4 is 11.8 Å². The molecule has 140 valence electrons. The summed E-state index contributed by atoms with van der Waals surface area (Å²) in [5.41, 5.74) is -0.275. The lowest BCUT2D eigenvalue weighted by molar-refractivity contribution is -0.141. The standard InChI is InChI=1S/C18H26N6O2/c25-15(10-23-4-2-1-3-16(23)26)21-17-6-13-5-14(7-17)9-18(8-13,11-17)24-20-12-19-22-24/h12-14H,1-11H2,(H,21,25). The van der Waals surface area contributed by atoms with Crippen LogP contribution in [0.3, 0.4) is 0 Å². The van der Waals surface area contributed by atoms with E-state index in [1.807, 2.05) is 0 Å². The van der Waals surface area contributed by atoms with Crippen molar-refractivity contribution in [2.45, 2.75) is 68.9 Å². The molecule has 2 unspecified atom stereocenters. The summed E-state index contributed by atoms with van der Waals surface area (Å²) in [6.07, 6.45) is 10.4. The highest BCUT2D eigenvalue weighted by Gasteiger charge is 2.60. The minimum atomic E-state index is -0.173. The molecule has 1 saturated heterocycles. The SMILES string of the molecule is O=C(CN1CCCCC1=O)NC12CC3CC(C1)CC(n1ncnn1)(C3)C2. The largest absolute Gasteiger partial charge is 0.349 e. The molecule has 2 heterocycles. The molecule has 5 aliphatic rings. The number of hydrogen-bond donors (Lipinski definition) is 1. The molecule has 1 N–H and O–H groups in total. The lowest BCUT2D eigenvalue weighted by atomic mass is 9.50. The van der Waals surface area contributed by atoms with Gasteiger partial charge in [-0.3, -0.25) is 9.59 Å². The fourth-order valence-electron chi connectivity index (χ4n) is 6.52. The van der Waals surface area contributed by atoms with E-state index < -0.39 is 0 Å². The lowest BCUT2D eigenvalue weighted by Crippen LogP contribution is -2.66. The number of hydrogen-bond acceptors (Lipinski definition) is 5. The molecule has 5 fully saturated rings. The van der Waals surface area contributed by atoms with Crippen molar-refractivity contribution in [2.75, 3.05) is 13.1 Å². The molecule has 2 atom stereocenters. The molecule has 4 saturated carbocycles. The molecule has 8 nitrogen and oxygen atoms in total. The molecule has 1 aromatic rings. The van der Waals surface area contributed by atoms with Gasteiger partial charge in [0.2, 0.25) is 11.8 Å². The summed E-state index contributed by atoms with van der Waals surface area (Å²) in [6.45, 7) is 0.905. The average Bonchev–Trinajstić information content (AvgIpc) is 3.10. The molecule has 4 aliphatic carbocycles. The number of nitrogens with one attached hydrogen (secondary N) is 1. The minimum Gasteiger partial charge on any atom is -0.349 e. The Bertz CT molecular complexity index is 703. The third-order valence-electron chi connectivity index (χ3n) is 6.96. The molecule has 2 amide bonds. The monoisotopic (exact) mass is 358 g/mol. The summed E-state index contributed by atoms with van der Waals surface area (Å²) < 4.78 is 0. The van der Waals surface area contributed by atoms with Gasteiger partial charge in [-0.15, -0.1) is 10.2 Å². The van der Waals surface area contributed by atoms with Crippen LogP contribution in [0.1, 0.15) is 57.8 Å². The van der Waals surface area contributed by atoms with Crippen molar-refractivity contribution in [1.82, 2.24) is 30.4 Å². The van der Waals surface area contributed by atoms with Gasteiger partial charge in [0.1, 0.15) is 0 Å². The van der Waals surface area contributed by atoms with Crippen LogP contribution < -0.4 is 5.32 Å². The van der Waals surface area contributed by atoms with E-state index in [0.717, 1.165) is 44.9 Å². The Balaban J connectivity index is 1.34. The molecule has 6 rings (SSSR count). The predicted octanol–water partition coefficient (Wildman–Crippen LogP) is 0.850. The van der Waals surface area contributed by atoms with Crippen LogP contribution in [0, 0.1) is 11.8 Å². The zero-order valence-corrected chi connectivity index (χ0v) is 15.1. The maximum Gasteiger partial charge on any atom is 0.240 e. The van der Waals surface area contributed by atoms with Crippen molar-refractivity contribution < 1.29 is 9.59 Å². The summed E-state index contributed by atoms with van der Waals surface area (Å²) in [6, 6.07) is 0. The molecule has 4 bridgehead atoms. The Morgan fingerprint density at radius 1 is 1.23 bits per heavy atom. The van der Waals surface area contributed by atoms with Crippen molar-refractivity contribution in [3.8, 4) is 0 Å². The summed E-state index contributed by atoms with van der Waals surface area (Å²) >= 11 is 0. The first-order valence-corrected chi connectivity index (χ1v) is 9.88. The molecule has 0 spiro atoms. The van der Waals surface area contributed by atoms with Gasteiger partial charge in [0.25, 0.3) is 0 Å². The Kier molecular flexibility index (Phi) is 3.59. The van der Waals surface area contributed by atoms with E-state index in [1.165, 1.54) is 12.7 Å². The van der Waals surface area contributed by atoms with Crippen LogP contribution in [0.25, 0.3) is 0 Å². The van der Waals surface area contributed by atoms with E-state index in [9.17, 15) is 9.59 Å². The topological polar surface area (TPSA) is 93.0 Å². The second-order valence-electron chi connectivity index (χ2n) is 9.01. The Morgan fingerprint density at radius 3 is 2.73 bits per heavy atom. The van der Waals surface area contributed by atoms with Crippen molar-refractivity contribution in [3.63, 3.8) is 0 Å². The molecule has 1 aliphatic heterocycles. The number of aromatic nitrogens is 4. The van der Waals surface area contributed by atoms with Crippen molar-refractivity contribution in [2.24, 2.45) is 11.8 Å². The number of piperidine rings is 1. The predicted molar refractivity (Wildman–Crippen MR) is 91.8 cm³/mol. The van der Waals surface area contributed by atoms with Crippen molar-refractivity contribution in [1.29, 1.82) is 0 Å². The molecule has 1 aromatic heterocycles. The van der Waals surface area contributed by atoms with Gasteiger partial charge >= 0.3 is 0 Å². The number of carbonyl (C=O) groups excluding carboxylic acids is 2. The highest BCUT2D eigenvalue weighted by molar-refractivity contribution is 5.85. The van der Waals surface area contributed by atoms with E-state index in [4.69, 9.17) is 0 Å². The van der Waals surface area contributed by atoms with Crippen LogP contribution in [-0.2, 0) is 15.1 Å². The first-order chi connectivity index (χ1) is 12.6. The number of likely N-dealkylation sites (tertiary alicyclic amines) is 1. The normalized spacial score (nSPS) is 38.6. The number of nitrogens with zero attached hydrogens (tertiary/aromatic N) is 5. The summed E-state index contributed by atoms with van der Waals surface area (Å²) in [4.78, 5) is 28.3. The highest BCUT2D eigenvalue weighted by atomic mass is 16.2. The second-order valence-corrected chi connectivity index (χ2v) is 9.01. The van der Waals surface area contributed by atoms with Gasteiger partial charge in [-0.25, -0.2) is 0 Å². The maximum atomic E-state index is 12.8. The fourth-order valence-corrected chi connectivity index (χ4v) is 6.52. The highest BCUT2D eigenvalue weighted by Crippen LogP contribution is 2.60. The van der Waals surface area contributed by atoms with Gasteiger partial charge < -0.3 is 10.2 Å². The fraction of sp³-hybridized carbons (Fsp3) is 0.833. The molecule has 8 heteroatoms. The first kappa shape index (κ1) is 16.2. The smallest absolute Gasteiger partial charge is 0.240 e. The van der Waals surface area contributed by atoms with Crippen LogP contribution in [-0.4, -0.2) is 55.5 Å². The van der Waals surface area contributed by atoms with E-state index in [1.54, 1.807) is 9.70 Å². The summed E-state index contributed by atoms with van der Waals surface area (Å²) in [5.74, 6) is 1.32. The number of rotatable bonds is 4. The number of carbonyl (C=O) groups is 2. The van der Waals surface area contributed by atoms with Crippen LogP contribution in [0.4, 0.5) is 0 Å². The van der Waals surface area contributed by atoms with Gasteiger partial charge in [0.15, 0.2) is 6.33 Å². The summed E-state index contributed by atoms with van der Waals surface area (Å²) in [7, 11) is 0. The Morgan fingerprint density at radius 2 is 2.04 bits per heavy atom. The zero-order valence-electron chi connectivity index (χ0n) is 15.1. The number of tetrazole rings is 1. The average molecular weight is 358 g/mol. The van der Waals surface area contributed by atoms with E-state index in [0.29, 0.717) is 24.8 Å². The van der Waals surface area contributed by atoms with Gasteiger partial charge in [0.05, 0.1) is 12.1 Å². The molecule has 0 radical (unpaired) electrons. The van der Waals surface area contributed by atoms with Crippen LogP contribution in [0.5, 0.6) is 0 Å². The van der Waals surface area contributed by atoms with Gasteiger partial charge in [-0.1, -0.05) is 0 Å². The van der Waals surface area contributed by atoms with Gasteiger partial charge in [-0.2, -0.15) is 4.80 Å². The van der Waals surface area contributed by atoms with Crippen molar-refractivity contribution in [3.05, 3.63) is 6.33 Å². The number of amides is 2.